The molecule has 0 radical (unpaired) electrons. The maximum absolute atomic E-state index is 13.0. The first kappa shape index (κ1) is 25.7. The lowest BCUT2D eigenvalue weighted by molar-refractivity contribution is -0.145. The quantitative estimate of drug-likeness (QED) is 0.539. The topological polar surface area (TPSA) is 102 Å². The molecule has 8 nitrogen and oxygen atoms in total. The number of ether oxygens (including phenoxy) is 2. The van der Waals surface area contributed by atoms with E-state index < -0.39 is 16.0 Å². The number of esters is 1. The Hall–Kier alpha value is -2.91. The van der Waals surface area contributed by atoms with Crippen molar-refractivity contribution in [2.24, 2.45) is 5.92 Å². The molecule has 0 bridgehead atoms. The number of benzene rings is 2. The molecule has 0 aliphatic carbocycles. The van der Waals surface area contributed by atoms with Gasteiger partial charge in [-0.25, -0.2) is 13.2 Å². The van der Waals surface area contributed by atoms with E-state index in [1.54, 1.807) is 43.3 Å². The summed E-state index contributed by atoms with van der Waals surface area (Å²) in [4.78, 5) is 24.5. The number of anilines is 1. The number of carbonyl (C=O) groups excluding carboxylic acids is 2. The van der Waals surface area contributed by atoms with Crippen LogP contribution in [0.1, 0.15) is 45.1 Å². The van der Waals surface area contributed by atoms with Crippen molar-refractivity contribution in [2.45, 2.75) is 44.4 Å². The van der Waals surface area contributed by atoms with E-state index in [1.807, 2.05) is 12.1 Å². The van der Waals surface area contributed by atoms with Crippen molar-refractivity contribution in [3.63, 3.8) is 0 Å². The van der Waals surface area contributed by atoms with Gasteiger partial charge in [-0.05, 0) is 55.5 Å². The van der Waals surface area contributed by atoms with Crippen LogP contribution in [-0.2, 0) is 24.3 Å². The first-order valence-corrected chi connectivity index (χ1v) is 12.9. The van der Waals surface area contributed by atoms with Crippen molar-refractivity contribution in [3.8, 4) is 5.75 Å². The SMILES string of the molecule is CCOC(=O)COc1cccc(NC(=O)C2CCN(S(=O)(=O)c3ccc(C(C)C)cc3)CC2)c1. The molecule has 0 aromatic heterocycles. The van der Waals surface area contributed by atoms with E-state index >= 15 is 0 Å². The van der Waals surface area contributed by atoms with Crippen molar-refractivity contribution in [2.75, 3.05) is 31.6 Å². The lowest BCUT2D eigenvalue weighted by Gasteiger charge is -2.30. The molecule has 0 saturated carbocycles. The number of nitrogens with one attached hydrogen (secondary N) is 1. The van der Waals surface area contributed by atoms with Crippen molar-refractivity contribution >= 4 is 27.6 Å². The summed E-state index contributed by atoms with van der Waals surface area (Å²) in [5, 5.41) is 2.86. The molecule has 1 amide bonds. The number of hydrogen-bond donors (Lipinski definition) is 1. The van der Waals surface area contributed by atoms with Gasteiger partial charge in [0.15, 0.2) is 6.61 Å². The van der Waals surface area contributed by atoms with Crippen LogP contribution in [-0.4, -0.2) is 50.9 Å². The number of nitrogens with zero attached hydrogens (tertiary/aromatic N) is 1. The second-order valence-corrected chi connectivity index (χ2v) is 10.5. The molecule has 0 atom stereocenters. The lowest BCUT2D eigenvalue weighted by atomic mass is 9.97. The van der Waals surface area contributed by atoms with Crippen molar-refractivity contribution < 1.29 is 27.5 Å². The Balaban J connectivity index is 1.54. The van der Waals surface area contributed by atoms with Crippen LogP contribution in [0.15, 0.2) is 53.4 Å². The molecule has 34 heavy (non-hydrogen) atoms. The van der Waals surface area contributed by atoms with Crippen molar-refractivity contribution in [3.05, 3.63) is 54.1 Å². The van der Waals surface area contributed by atoms with Gasteiger partial charge in [0.05, 0.1) is 11.5 Å². The largest absolute Gasteiger partial charge is 0.482 e. The number of carbonyl (C=O) groups is 2. The maximum atomic E-state index is 13.0. The average molecular weight is 489 g/mol. The Kier molecular flexibility index (Phi) is 8.68. The second kappa shape index (κ2) is 11.5. The molecule has 9 heteroatoms. The third-order valence-electron chi connectivity index (χ3n) is 5.77. The van der Waals surface area contributed by atoms with Crippen LogP contribution >= 0.6 is 0 Å². The number of rotatable bonds is 9. The summed E-state index contributed by atoms with van der Waals surface area (Å²) in [6.07, 6.45) is 0.877. The van der Waals surface area contributed by atoms with Crippen LogP contribution in [0.25, 0.3) is 0 Å². The van der Waals surface area contributed by atoms with E-state index in [4.69, 9.17) is 9.47 Å². The number of amides is 1. The van der Waals surface area contributed by atoms with Gasteiger partial charge in [-0.2, -0.15) is 4.31 Å². The minimum atomic E-state index is -3.59. The Labute approximate surface area is 201 Å². The zero-order chi connectivity index (χ0) is 24.7. The number of hydrogen-bond acceptors (Lipinski definition) is 6. The van der Waals surface area contributed by atoms with E-state index in [0.717, 1.165) is 5.56 Å². The summed E-state index contributed by atoms with van der Waals surface area (Å²) in [5.74, 6) is -0.152. The van der Waals surface area contributed by atoms with E-state index in [0.29, 0.717) is 30.2 Å². The second-order valence-electron chi connectivity index (χ2n) is 8.51. The summed E-state index contributed by atoms with van der Waals surface area (Å²) in [5.41, 5.74) is 1.64. The van der Waals surface area contributed by atoms with Crippen molar-refractivity contribution in [1.29, 1.82) is 0 Å². The number of sulfonamides is 1. The summed E-state index contributed by atoms with van der Waals surface area (Å²) < 4.78 is 37.7. The Morgan fingerprint density at radius 1 is 1.09 bits per heavy atom. The minimum absolute atomic E-state index is 0.166. The third-order valence-corrected chi connectivity index (χ3v) is 7.69. The van der Waals surface area contributed by atoms with Gasteiger partial charge in [0.2, 0.25) is 15.9 Å². The Bertz CT molecular complexity index is 1090. The third kappa shape index (κ3) is 6.57. The zero-order valence-corrected chi connectivity index (χ0v) is 20.6. The predicted octanol–water partition coefficient (Wildman–Crippen LogP) is 3.79. The van der Waals surface area contributed by atoms with Gasteiger partial charge >= 0.3 is 5.97 Å². The average Bonchev–Trinajstić information content (AvgIpc) is 2.83. The minimum Gasteiger partial charge on any atom is -0.482 e. The van der Waals surface area contributed by atoms with Gasteiger partial charge < -0.3 is 14.8 Å². The molecule has 1 saturated heterocycles. The molecule has 0 spiro atoms. The standard InChI is InChI=1S/C25H32N2O6S/c1-4-32-24(28)17-33-22-7-5-6-21(16-22)26-25(29)20-12-14-27(15-13-20)34(30,31)23-10-8-19(9-11-23)18(2)3/h5-11,16,18,20H,4,12-15,17H2,1-3H3,(H,26,29). The Morgan fingerprint density at radius 3 is 2.38 bits per heavy atom. The molecular weight excluding hydrogens is 456 g/mol. The maximum Gasteiger partial charge on any atom is 0.344 e. The summed E-state index contributed by atoms with van der Waals surface area (Å²) in [6.45, 7) is 6.49. The monoisotopic (exact) mass is 488 g/mol. The Morgan fingerprint density at radius 2 is 1.76 bits per heavy atom. The highest BCUT2D eigenvalue weighted by molar-refractivity contribution is 7.89. The fourth-order valence-corrected chi connectivity index (χ4v) is 5.25. The summed E-state index contributed by atoms with van der Waals surface area (Å²) in [6, 6.07) is 13.8. The number of piperidine rings is 1. The van der Waals surface area contributed by atoms with Crippen LogP contribution in [0.5, 0.6) is 5.75 Å². The summed E-state index contributed by atoms with van der Waals surface area (Å²) in [7, 11) is -3.59. The highest BCUT2D eigenvalue weighted by atomic mass is 32.2. The van der Waals surface area contributed by atoms with Crippen LogP contribution in [0, 0.1) is 5.92 Å². The van der Waals surface area contributed by atoms with Crippen LogP contribution in [0.4, 0.5) is 5.69 Å². The van der Waals surface area contributed by atoms with Gasteiger partial charge in [0, 0.05) is 30.8 Å². The van der Waals surface area contributed by atoms with Gasteiger partial charge in [-0.3, -0.25) is 4.79 Å². The first-order valence-electron chi connectivity index (χ1n) is 11.5. The molecule has 1 N–H and O–H groups in total. The van der Waals surface area contributed by atoms with E-state index in [9.17, 15) is 18.0 Å². The molecule has 184 valence electrons. The fraction of sp³-hybridized carbons (Fsp3) is 0.440. The highest BCUT2D eigenvalue weighted by Crippen LogP contribution is 2.26. The van der Waals surface area contributed by atoms with E-state index in [2.05, 4.69) is 19.2 Å². The molecule has 1 heterocycles. The molecule has 0 unspecified atom stereocenters. The summed E-state index contributed by atoms with van der Waals surface area (Å²) >= 11 is 0. The smallest absolute Gasteiger partial charge is 0.344 e. The van der Waals surface area contributed by atoms with Gasteiger partial charge in [0.25, 0.3) is 0 Å². The molecular formula is C25H32N2O6S. The molecule has 2 aromatic carbocycles. The van der Waals surface area contributed by atoms with Crippen molar-refractivity contribution in [1.82, 2.24) is 4.31 Å². The molecule has 1 fully saturated rings. The van der Waals surface area contributed by atoms with Gasteiger partial charge in [0.1, 0.15) is 5.75 Å². The lowest BCUT2D eigenvalue weighted by Crippen LogP contribution is -2.41. The normalized spacial score (nSPS) is 15.2. The zero-order valence-electron chi connectivity index (χ0n) is 19.8. The van der Waals surface area contributed by atoms with Gasteiger partial charge in [-0.1, -0.05) is 32.0 Å². The van der Waals surface area contributed by atoms with E-state index in [-0.39, 0.29) is 43.0 Å². The van der Waals surface area contributed by atoms with Crippen LogP contribution in [0.3, 0.4) is 0 Å². The predicted molar refractivity (Wildman–Crippen MR) is 129 cm³/mol. The first-order chi connectivity index (χ1) is 16.2. The molecule has 1 aliphatic rings. The van der Waals surface area contributed by atoms with Gasteiger partial charge in [-0.15, -0.1) is 0 Å². The highest BCUT2D eigenvalue weighted by Gasteiger charge is 2.32. The fourth-order valence-electron chi connectivity index (χ4n) is 3.78. The molecule has 2 aromatic rings. The van der Waals surface area contributed by atoms with Crippen LogP contribution < -0.4 is 10.1 Å². The molecule has 3 rings (SSSR count). The van der Waals surface area contributed by atoms with E-state index in [1.165, 1.54) is 4.31 Å². The van der Waals surface area contributed by atoms with Crippen LogP contribution in [0.2, 0.25) is 0 Å². The molecule has 1 aliphatic heterocycles.